The monoisotopic (exact) mass is 226 g/mol. The lowest BCUT2D eigenvalue weighted by atomic mass is 9.91. The average Bonchev–Trinajstić information content (AvgIpc) is 2.68. The number of nitrogens with one attached hydrogen (secondary N) is 2. The Hall–Kier alpha value is -0.610. The summed E-state index contributed by atoms with van der Waals surface area (Å²) in [5.41, 5.74) is 0. The Morgan fingerprint density at radius 3 is 2.69 bits per heavy atom. The molecular weight excluding hydrogens is 204 g/mol. The number of hydrogen-bond acceptors (Lipinski definition) is 3. The SMILES string of the molecule is C[C@@H]1CNC[C@H]1C(=O)NC1CCCCC1O. The first-order valence-electron chi connectivity index (χ1n) is 6.37. The van der Waals surface area contributed by atoms with Gasteiger partial charge in [-0.1, -0.05) is 19.8 Å². The van der Waals surface area contributed by atoms with Gasteiger partial charge in [0.25, 0.3) is 0 Å². The lowest BCUT2D eigenvalue weighted by Gasteiger charge is -2.29. The minimum absolute atomic E-state index is 0.0194. The van der Waals surface area contributed by atoms with Gasteiger partial charge in [0, 0.05) is 6.54 Å². The number of hydrogen-bond donors (Lipinski definition) is 3. The minimum atomic E-state index is -0.345. The predicted octanol–water partition coefficient (Wildman–Crippen LogP) is 0.262. The van der Waals surface area contributed by atoms with E-state index in [1.807, 2.05) is 0 Å². The van der Waals surface area contributed by atoms with E-state index in [-0.39, 0.29) is 24.0 Å². The van der Waals surface area contributed by atoms with Gasteiger partial charge in [0.05, 0.1) is 18.1 Å². The van der Waals surface area contributed by atoms with E-state index in [2.05, 4.69) is 17.6 Å². The standard InChI is InChI=1S/C12H22N2O2/c1-8-6-13-7-9(8)12(16)14-10-4-2-3-5-11(10)15/h8-11,13,15H,2-7H2,1H3,(H,14,16)/t8-,9-,10?,11?/m1/s1. The molecule has 2 aliphatic rings. The zero-order valence-electron chi connectivity index (χ0n) is 9.91. The van der Waals surface area contributed by atoms with Crippen molar-refractivity contribution in [3.05, 3.63) is 0 Å². The molecule has 1 heterocycles. The van der Waals surface area contributed by atoms with Gasteiger partial charge in [0.1, 0.15) is 0 Å². The van der Waals surface area contributed by atoms with E-state index in [1.165, 1.54) is 0 Å². The van der Waals surface area contributed by atoms with Crippen LogP contribution in [0, 0.1) is 11.8 Å². The van der Waals surface area contributed by atoms with E-state index < -0.39 is 0 Å². The fourth-order valence-electron chi connectivity index (χ4n) is 2.73. The first-order chi connectivity index (χ1) is 7.68. The summed E-state index contributed by atoms with van der Waals surface area (Å²) in [6, 6.07) is -0.0194. The molecule has 4 nitrogen and oxygen atoms in total. The summed E-state index contributed by atoms with van der Waals surface area (Å²) >= 11 is 0. The van der Waals surface area contributed by atoms with Crippen molar-refractivity contribution in [2.45, 2.75) is 44.8 Å². The molecule has 4 atom stereocenters. The molecule has 0 bridgehead atoms. The molecule has 0 aromatic rings. The van der Waals surface area contributed by atoms with Crippen LogP contribution in [0.2, 0.25) is 0 Å². The Kier molecular flexibility index (Phi) is 3.82. The molecule has 0 aromatic heterocycles. The van der Waals surface area contributed by atoms with E-state index in [4.69, 9.17) is 0 Å². The third-order valence-corrected chi connectivity index (χ3v) is 3.91. The largest absolute Gasteiger partial charge is 0.391 e. The van der Waals surface area contributed by atoms with Crippen LogP contribution in [0.3, 0.4) is 0 Å². The zero-order chi connectivity index (χ0) is 11.5. The highest BCUT2D eigenvalue weighted by atomic mass is 16.3. The Morgan fingerprint density at radius 2 is 2.06 bits per heavy atom. The molecule has 0 radical (unpaired) electrons. The van der Waals surface area contributed by atoms with Gasteiger partial charge >= 0.3 is 0 Å². The fraction of sp³-hybridized carbons (Fsp3) is 0.917. The van der Waals surface area contributed by atoms with E-state index in [9.17, 15) is 9.90 Å². The second-order valence-electron chi connectivity index (χ2n) is 5.21. The molecule has 0 aromatic carbocycles. The van der Waals surface area contributed by atoms with E-state index in [0.29, 0.717) is 5.92 Å². The minimum Gasteiger partial charge on any atom is -0.391 e. The third kappa shape index (κ3) is 2.55. The highest BCUT2D eigenvalue weighted by molar-refractivity contribution is 5.79. The molecule has 1 aliphatic carbocycles. The first-order valence-corrected chi connectivity index (χ1v) is 6.37. The Bertz CT molecular complexity index is 257. The van der Waals surface area contributed by atoms with Crippen LogP contribution in [0.25, 0.3) is 0 Å². The molecule has 1 aliphatic heterocycles. The summed E-state index contributed by atoms with van der Waals surface area (Å²) < 4.78 is 0. The van der Waals surface area contributed by atoms with Gasteiger partial charge in [-0.3, -0.25) is 4.79 Å². The number of amides is 1. The second-order valence-corrected chi connectivity index (χ2v) is 5.21. The molecule has 16 heavy (non-hydrogen) atoms. The highest BCUT2D eigenvalue weighted by Crippen LogP contribution is 2.21. The van der Waals surface area contributed by atoms with E-state index in [1.54, 1.807) is 0 Å². The molecule has 1 amide bonds. The van der Waals surface area contributed by atoms with Crippen LogP contribution < -0.4 is 10.6 Å². The van der Waals surface area contributed by atoms with Crippen molar-refractivity contribution in [2.75, 3.05) is 13.1 Å². The smallest absolute Gasteiger partial charge is 0.225 e. The Morgan fingerprint density at radius 1 is 1.31 bits per heavy atom. The lowest BCUT2D eigenvalue weighted by Crippen LogP contribution is -2.48. The van der Waals surface area contributed by atoms with Crippen molar-refractivity contribution in [1.82, 2.24) is 10.6 Å². The van der Waals surface area contributed by atoms with Gasteiger partial charge in [0.15, 0.2) is 0 Å². The quantitative estimate of drug-likeness (QED) is 0.633. The van der Waals surface area contributed by atoms with Crippen molar-refractivity contribution in [1.29, 1.82) is 0 Å². The summed E-state index contributed by atoms with van der Waals surface area (Å²) in [5, 5.41) is 16.0. The van der Waals surface area contributed by atoms with Crippen LogP contribution in [0.1, 0.15) is 32.6 Å². The Balaban J connectivity index is 1.86. The maximum atomic E-state index is 12.0. The van der Waals surface area contributed by atoms with Gasteiger partial charge in [0.2, 0.25) is 5.91 Å². The van der Waals surface area contributed by atoms with Crippen LogP contribution in [0.15, 0.2) is 0 Å². The summed E-state index contributed by atoms with van der Waals surface area (Å²) in [6.07, 6.45) is 3.59. The molecule has 0 spiro atoms. The van der Waals surface area contributed by atoms with Gasteiger partial charge in [-0.05, 0) is 25.3 Å². The van der Waals surface area contributed by atoms with Crippen LogP contribution in [0.4, 0.5) is 0 Å². The Labute approximate surface area is 96.8 Å². The predicted molar refractivity (Wildman–Crippen MR) is 61.9 cm³/mol. The number of rotatable bonds is 2. The molecule has 2 unspecified atom stereocenters. The molecule has 92 valence electrons. The summed E-state index contributed by atoms with van der Waals surface area (Å²) in [4.78, 5) is 12.0. The van der Waals surface area contributed by atoms with Crippen molar-refractivity contribution < 1.29 is 9.90 Å². The molecule has 2 rings (SSSR count). The van der Waals surface area contributed by atoms with Crippen LogP contribution in [-0.2, 0) is 4.79 Å². The highest BCUT2D eigenvalue weighted by Gasteiger charge is 2.32. The number of aliphatic hydroxyl groups excluding tert-OH is 1. The molecule has 3 N–H and O–H groups in total. The maximum absolute atomic E-state index is 12.0. The zero-order valence-corrected chi connectivity index (χ0v) is 9.91. The lowest BCUT2D eigenvalue weighted by molar-refractivity contribution is -0.127. The van der Waals surface area contributed by atoms with Crippen LogP contribution in [-0.4, -0.2) is 36.2 Å². The molecule has 2 fully saturated rings. The number of carbonyl (C=O) groups excluding carboxylic acids is 1. The maximum Gasteiger partial charge on any atom is 0.225 e. The summed E-state index contributed by atoms with van der Waals surface area (Å²) in [7, 11) is 0. The second kappa shape index (κ2) is 5.15. The first kappa shape index (κ1) is 11.9. The van der Waals surface area contributed by atoms with Gasteiger partial charge in [-0.15, -0.1) is 0 Å². The number of carbonyl (C=O) groups is 1. The normalized spacial score (nSPS) is 39.6. The summed E-state index contributed by atoms with van der Waals surface area (Å²) in [6.45, 7) is 3.79. The van der Waals surface area contributed by atoms with Crippen molar-refractivity contribution in [3.8, 4) is 0 Å². The third-order valence-electron chi connectivity index (χ3n) is 3.91. The molecule has 4 heteroatoms. The molecule has 1 saturated heterocycles. The van der Waals surface area contributed by atoms with Gasteiger partial charge in [-0.2, -0.15) is 0 Å². The van der Waals surface area contributed by atoms with Crippen molar-refractivity contribution in [3.63, 3.8) is 0 Å². The number of aliphatic hydroxyl groups is 1. The van der Waals surface area contributed by atoms with E-state index in [0.717, 1.165) is 38.8 Å². The van der Waals surface area contributed by atoms with Crippen LogP contribution in [0.5, 0.6) is 0 Å². The van der Waals surface area contributed by atoms with Crippen molar-refractivity contribution >= 4 is 5.91 Å². The van der Waals surface area contributed by atoms with E-state index >= 15 is 0 Å². The van der Waals surface area contributed by atoms with Gasteiger partial charge in [-0.25, -0.2) is 0 Å². The molecule has 1 saturated carbocycles. The van der Waals surface area contributed by atoms with Gasteiger partial charge < -0.3 is 15.7 Å². The summed E-state index contributed by atoms with van der Waals surface area (Å²) in [5.74, 6) is 0.596. The molecular formula is C12H22N2O2. The fourth-order valence-corrected chi connectivity index (χ4v) is 2.73. The average molecular weight is 226 g/mol. The van der Waals surface area contributed by atoms with Crippen molar-refractivity contribution in [2.24, 2.45) is 11.8 Å². The van der Waals surface area contributed by atoms with Crippen LogP contribution >= 0.6 is 0 Å². The topological polar surface area (TPSA) is 61.4 Å².